The van der Waals surface area contributed by atoms with Crippen molar-refractivity contribution in [3.63, 3.8) is 0 Å². The third-order valence-electron chi connectivity index (χ3n) is 3.51. The number of ether oxygens (including phenoxy) is 2. The minimum absolute atomic E-state index is 0.127. The maximum absolute atomic E-state index is 12.4. The summed E-state index contributed by atoms with van der Waals surface area (Å²) in [6.45, 7) is 0. The van der Waals surface area contributed by atoms with Crippen molar-refractivity contribution in [2.24, 2.45) is 0 Å². The molecule has 0 atom stereocenters. The maximum Gasteiger partial charge on any atom is 0.189 e. The lowest BCUT2D eigenvalue weighted by atomic mass is 10.1. The van der Waals surface area contributed by atoms with Gasteiger partial charge in [-0.25, -0.2) is 0 Å². The lowest BCUT2D eigenvalue weighted by Crippen LogP contribution is -2.07. The number of hydrogen-bond donors (Lipinski definition) is 0. The summed E-state index contributed by atoms with van der Waals surface area (Å²) in [6.07, 6.45) is 3.34. The van der Waals surface area contributed by atoms with Crippen molar-refractivity contribution < 1.29 is 14.3 Å². The highest BCUT2D eigenvalue weighted by Crippen LogP contribution is 2.25. The van der Waals surface area contributed by atoms with Crippen molar-refractivity contribution in [3.05, 3.63) is 59.7 Å². The van der Waals surface area contributed by atoms with E-state index in [0.717, 1.165) is 11.3 Å². The zero-order valence-electron chi connectivity index (χ0n) is 13.9. The number of methoxy groups -OCH3 is 2. The molecule has 0 aromatic heterocycles. The number of carbonyl (C=O) groups excluding carboxylic acids is 1. The van der Waals surface area contributed by atoms with Crippen LogP contribution in [0, 0.1) is 0 Å². The smallest absolute Gasteiger partial charge is 0.189 e. The van der Waals surface area contributed by atoms with E-state index in [1.807, 2.05) is 43.3 Å². The molecule has 4 nitrogen and oxygen atoms in total. The van der Waals surface area contributed by atoms with Crippen LogP contribution in [0.15, 0.2) is 48.5 Å². The summed E-state index contributed by atoms with van der Waals surface area (Å²) in [4.78, 5) is 14.4. The molecule has 23 heavy (non-hydrogen) atoms. The molecule has 0 aliphatic carbocycles. The molecule has 0 saturated carbocycles. The quantitative estimate of drug-likeness (QED) is 0.603. The molecule has 2 aromatic rings. The number of hydrogen-bond acceptors (Lipinski definition) is 4. The highest BCUT2D eigenvalue weighted by molar-refractivity contribution is 6.08. The van der Waals surface area contributed by atoms with E-state index in [1.165, 1.54) is 0 Å². The Balaban J connectivity index is 2.21. The van der Waals surface area contributed by atoms with E-state index in [0.29, 0.717) is 17.1 Å². The first-order valence-electron chi connectivity index (χ1n) is 7.27. The molecule has 0 N–H and O–H groups in total. The van der Waals surface area contributed by atoms with E-state index in [4.69, 9.17) is 9.47 Å². The summed E-state index contributed by atoms with van der Waals surface area (Å²) in [6, 6.07) is 13.1. The van der Waals surface area contributed by atoms with Gasteiger partial charge in [-0.3, -0.25) is 4.79 Å². The molecular weight excluding hydrogens is 290 g/mol. The van der Waals surface area contributed by atoms with Crippen molar-refractivity contribution in [2.45, 2.75) is 0 Å². The maximum atomic E-state index is 12.4. The molecule has 0 aliphatic heterocycles. The first-order valence-corrected chi connectivity index (χ1v) is 7.27. The molecule has 0 unspecified atom stereocenters. The molecule has 0 spiro atoms. The van der Waals surface area contributed by atoms with Crippen LogP contribution in [0.5, 0.6) is 11.5 Å². The van der Waals surface area contributed by atoms with Gasteiger partial charge in [0.15, 0.2) is 5.78 Å². The van der Waals surface area contributed by atoms with Gasteiger partial charge in [-0.1, -0.05) is 18.2 Å². The standard InChI is InChI=1S/C19H21NO3/c1-20(2)15-8-5-14(6-9-15)7-11-18(21)17-13-16(22-3)10-12-19(17)23-4/h5-13H,1-4H3. The fourth-order valence-electron chi connectivity index (χ4n) is 2.15. The zero-order valence-corrected chi connectivity index (χ0v) is 13.9. The molecule has 120 valence electrons. The second-order valence-corrected chi connectivity index (χ2v) is 5.25. The van der Waals surface area contributed by atoms with Crippen molar-refractivity contribution in [1.29, 1.82) is 0 Å². The molecule has 0 fully saturated rings. The predicted molar refractivity (Wildman–Crippen MR) is 93.7 cm³/mol. The second-order valence-electron chi connectivity index (χ2n) is 5.25. The molecule has 4 heteroatoms. The minimum Gasteiger partial charge on any atom is -0.497 e. The van der Waals surface area contributed by atoms with Crippen LogP contribution in [0.4, 0.5) is 5.69 Å². The van der Waals surface area contributed by atoms with E-state index in [-0.39, 0.29) is 5.78 Å². The van der Waals surface area contributed by atoms with Crippen LogP contribution in [0.25, 0.3) is 6.08 Å². The van der Waals surface area contributed by atoms with Crippen LogP contribution in [0.2, 0.25) is 0 Å². The molecule has 0 amide bonds. The van der Waals surface area contributed by atoms with Gasteiger partial charge in [0.1, 0.15) is 11.5 Å². The highest BCUT2D eigenvalue weighted by atomic mass is 16.5. The second kappa shape index (κ2) is 7.49. The van der Waals surface area contributed by atoms with Crippen LogP contribution in [-0.2, 0) is 0 Å². The summed E-state index contributed by atoms with van der Waals surface area (Å²) in [5, 5.41) is 0. The van der Waals surface area contributed by atoms with Gasteiger partial charge in [0, 0.05) is 19.8 Å². The van der Waals surface area contributed by atoms with Gasteiger partial charge in [-0.05, 0) is 42.0 Å². The number of carbonyl (C=O) groups is 1. The number of rotatable bonds is 6. The first kappa shape index (κ1) is 16.6. The fourth-order valence-corrected chi connectivity index (χ4v) is 2.15. The van der Waals surface area contributed by atoms with Gasteiger partial charge < -0.3 is 14.4 Å². The minimum atomic E-state index is -0.127. The number of allylic oxidation sites excluding steroid dienone is 1. The highest BCUT2D eigenvalue weighted by Gasteiger charge is 2.11. The predicted octanol–water partition coefficient (Wildman–Crippen LogP) is 3.67. The van der Waals surface area contributed by atoms with Crippen molar-refractivity contribution in [1.82, 2.24) is 0 Å². The Morgan fingerprint density at radius 3 is 2.26 bits per heavy atom. The molecule has 0 bridgehead atoms. The number of nitrogens with zero attached hydrogens (tertiary/aromatic N) is 1. The lowest BCUT2D eigenvalue weighted by Gasteiger charge is -2.11. The molecule has 2 aromatic carbocycles. The normalized spacial score (nSPS) is 10.6. The van der Waals surface area contributed by atoms with E-state index >= 15 is 0 Å². The zero-order chi connectivity index (χ0) is 16.8. The third-order valence-corrected chi connectivity index (χ3v) is 3.51. The topological polar surface area (TPSA) is 38.8 Å². The Hall–Kier alpha value is -2.75. The summed E-state index contributed by atoms with van der Waals surface area (Å²) >= 11 is 0. The van der Waals surface area contributed by atoms with Crippen LogP contribution in [-0.4, -0.2) is 34.1 Å². The van der Waals surface area contributed by atoms with Gasteiger partial charge in [0.2, 0.25) is 0 Å². The SMILES string of the molecule is COc1ccc(OC)c(C(=O)C=Cc2ccc(N(C)C)cc2)c1. The summed E-state index contributed by atoms with van der Waals surface area (Å²) < 4.78 is 10.4. The van der Waals surface area contributed by atoms with Crippen molar-refractivity contribution in [3.8, 4) is 11.5 Å². The molecule has 0 heterocycles. The van der Waals surface area contributed by atoms with E-state index < -0.39 is 0 Å². The van der Waals surface area contributed by atoms with E-state index in [1.54, 1.807) is 44.6 Å². The number of benzene rings is 2. The Bertz CT molecular complexity index is 703. The molecule has 0 aliphatic rings. The lowest BCUT2D eigenvalue weighted by molar-refractivity contribution is 0.104. The fraction of sp³-hybridized carbons (Fsp3) is 0.211. The monoisotopic (exact) mass is 311 g/mol. The molecule has 0 saturated heterocycles. The number of ketones is 1. The number of anilines is 1. The van der Waals surface area contributed by atoms with Crippen molar-refractivity contribution >= 4 is 17.5 Å². The van der Waals surface area contributed by atoms with Gasteiger partial charge in [0.25, 0.3) is 0 Å². The van der Waals surface area contributed by atoms with Crippen LogP contribution < -0.4 is 14.4 Å². The van der Waals surface area contributed by atoms with E-state index in [2.05, 4.69) is 0 Å². The first-order chi connectivity index (χ1) is 11.0. The van der Waals surface area contributed by atoms with Gasteiger partial charge in [-0.15, -0.1) is 0 Å². The molecule has 2 rings (SSSR count). The van der Waals surface area contributed by atoms with Gasteiger partial charge in [0.05, 0.1) is 19.8 Å². The van der Waals surface area contributed by atoms with Crippen LogP contribution in [0.3, 0.4) is 0 Å². The third kappa shape index (κ3) is 4.13. The van der Waals surface area contributed by atoms with Gasteiger partial charge >= 0.3 is 0 Å². The van der Waals surface area contributed by atoms with Crippen LogP contribution in [0.1, 0.15) is 15.9 Å². The average molecular weight is 311 g/mol. The Kier molecular flexibility index (Phi) is 5.41. The average Bonchev–Trinajstić information content (AvgIpc) is 2.59. The summed E-state index contributed by atoms with van der Waals surface area (Å²) in [5.41, 5.74) is 2.56. The molecule has 0 radical (unpaired) electrons. The van der Waals surface area contributed by atoms with Crippen molar-refractivity contribution in [2.75, 3.05) is 33.2 Å². The Labute approximate surface area is 137 Å². The van der Waals surface area contributed by atoms with Crippen LogP contribution >= 0.6 is 0 Å². The Morgan fingerprint density at radius 1 is 1.00 bits per heavy atom. The molecular formula is C19H21NO3. The largest absolute Gasteiger partial charge is 0.497 e. The summed E-state index contributed by atoms with van der Waals surface area (Å²) in [7, 11) is 7.09. The summed E-state index contributed by atoms with van der Waals surface area (Å²) in [5.74, 6) is 1.03. The van der Waals surface area contributed by atoms with Gasteiger partial charge in [-0.2, -0.15) is 0 Å². The van der Waals surface area contributed by atoms with E-state index in [9.17, 15) is 4.79 Å². The Morgan fingerprint density at radius 2 is 1.70 bits per heavy atom.